The maximum Gasteiger partial charge on any atom is 0.271 e. The van der Waals surface area contributed by atoms with Gasteiger partial charge in [0.1, 0.15) is 11.6 Å². The summed E-state index contributed by atoms with van der Waals surface area (Å²) in [4.78, 5) is 16.7. The number of nitrogens with one attached hydrogen (secondary N) is 1. The van der Waals surface area contributed by atoms with Crippen LogP contribution in [0.15, 0.2) is 28.0 Å². The molecule has 116 valence electrons. The van der Waals surface area contributed by atoms with Gasteiger partial charge in [-0.1, -0.05) is 17.8 Å². The minimum absolute atomic E-state index is 0.0230. The lowest BCUT2D eigenvalue weighted by atomic mass is 10.1. The molecule has 0 fully saturated rings. The molecule has 0 amide bonds. The second-order valence-electron chi connectivity index (χ2n) is 5.44. The van der Waals surface area contributed by atoms with Crippen LogP contribution >= 0.6 is 11.8 Å². The van der Waals surface area contributed by atoms with Gasteiger partial charge in [0, 0.05) is 17.7 Å². The summed E-state index contributed by atoms with van der Waals surface area (Å²) >= 11 is 1.30. The van der Waals surface area contributed by atoms with Crippen LogP contribution in [-0.2, 0) is 0 Å². The first-order chi connectivity index (χ1) is 10.4. The van der Waals surface area contributed by atoms with Crippen LogP contribution in [0.2, 0.25) is 0 Å². The molecule has 1 aromatic carbocycles. The monoisotopic (exact) mass is 323 g/mol. The Morgan fingerprint density at radius 3 is 2.73 bits per heavy atom. The van der Waals surface area contributed by atoms with Crippen molar-refractivity contribution in [2.45, 2.75) is 32.1 Å². The summed E-state index contributed by atoms with van der Waals surface area (Å²) in [7, 11) is 0. The van der Waals surface area contributed by atoms with E-state index in [0.717, 1.165) is 11.1 Å². The number of fused-ring (bicyclic) bond motifs is 1. The number of aromatic amines is 1. The number of rotatable bonds is 2. The number of aliphatic imine (C=N–C) groups is 1. The first-order valence-corrected chi connectivity index (χ1v) is 7.77. The number of thioether (sulfide) groups is 1. The van der Waals surface area contributed by atoms with E-state index in [4.69, 9.17) is 0 Å². The van der Waals surface area contributed by atoms with Gasteiger partial charge in [0.2, 0.25) is 0 Å². The molecule has 7 heteroatoms. The third kappa shape index (κ3) is 2.39. The van der Waals surface area contributed by atoms with Crippen LogP contribution in [-0.4, -0.2) is 14.8 Å². The molecule has 1 N–H and O–H groups in total. The van der Waals surface area contributed by atoms with Crippen LogP contribution < -0.4 is 5.56 Å². The Bertz CT molecular complexity index is 823. The quantitative estimate of drug-likeness (QED) is 0.910. The van der Waals surface area contributed by atoms with Crippen LogP contribution in [0.3, 0.4) is 0 Å². The number of hydrogen-bond acceptors (Lipinski definition) is 3. The molecule has 0 saturated heterocycles. The van der Waals surface area contributed by atoms with Crippen molar-refractivity contribution >= 4 is 22.6 Å². The summed E-state index contributed by atoms with van der Waals surface area (Å²) < 4.78 is 29.0. The summed E-state index contributed by atoms with van der Waals surface area (Å²) in [5, 5.41) is 2.95. The van der Waals surface area contributed by atoms with Gasteiger partial charge in [0.05, 0.1) is 15.9 Å². The molecule has 1 aliphatic heterocycles. The van der Waals surface area contributed by atoms with Crippen molar-refractivity contribution in [1.29, 1.82) is 0 Å². The fraction of sp³-hybridized carbons (Fsp3) is 0.333. The number of hydrogen-bond donors (Lipinski definition) is 1. The normalized spacial score (nSPS) is 17.5. The molecule has 0 bridgehead atoms. The summed E-state index contributed by atoms with van der Waals surface area (Å²) in [5.74, 6) is -0.777. The third-order valence-corrected chi connectivity index (χ3v) is 4.67. The zero-order valence-electron chi connectivity index (χ0n) is 12.4. The minimum Gasteiger partial charge on any atom is -0.268 e. The van der Waals surface area contributed by atoms with E-state index in [1.54, 1.807) is 4.68 Å². The highest BCUT2D eigenvalue weighted by atomic mass is 32.2. The number of nitrogens with zero attached hydrogens (tertiary/aromatic N) is 2. The fourth-order valence-electron chi connectivity index (χ4n) is 2.52. The average molecular weight is 323 g/mol. The van der Waals surface area contributed by atoms with Crippen molar-refractivity contribution in [1.82, 2.24) is 9.78 Å². The lowest BCUT2D eigenvalue weighted by Crippen LogP contribution is -2.14. The van der Waals surface area contributed by atoms with E-state index in [2.05, 4.69) is 10.1 Å². The molecule has 1 aliphatic rings. The maximum absolute atomic E-state index is 14.1. The van der Waals surface area contributed by atoms with Crippen LogP contribution in [0.1, 0.15) is 43.2 Å². The van der Waals surface area contributed by atoms with Crippen LogP contribution in [0.4, 0.5) is 14.6 Å². The van der Waals surface area contributed by atoms with Gasteiger partial charge < -0.3 is 0 Å². The molecule has 3 rings (SSSR count). The lowest BCUT2D eigenvalue weighted by Gasteiger charge is -2.21. The lowest BCUT2D eigenvalue weighted by molar-refractivity contribution is 0.533. The Kier molecular flexibility index (Phi) is 3.68. The van der Waals surface area contributed by atoms with Crippen molar-refractivity contribution in [3.05, 3.63) is 51.3 Å². The van der Waals surface area contributed by atoms with E-state index in [-0.39, 0.29) is 17.2 Å². The molecular weight excluding hydrogens is 308 g/mol. The van der Waals surface area contributed by atoms with Gasteiger partial charge in [-0.2, -0.15) is 0 Å². The third-order valence-electron chi connectivity index (χ3n) is 3.51. The van der Waals surface area contributed by atoms with Crippen molar-refractivity contribution < 1.29 is 8.78 Å². The van der Waals surface area contributed by atoms with Crippen molar-refractivity contribution in [2.24, 2.45) is 4.99 Å². The second-order valence-corrected chi connectivity index (χ2v) is 6.73. The number of halogens is 2. The Labute approximate surface area is 130 Å². The van der Waals surface area contributed by atoms with Gasteiger partial charge in [-0.15, -0.1) is 0 Å². The highest BCUT2D eigenvalue weighted by Crippen LogP contribution is 2.44. The Morgan fingerprint density at radius 1 is 1.36 bits per heavy atom. The van der Waals surface area contributed by atoms with E-state index >= 15 is 0 Å². The summed E-state index contributed by atoms with van der Waals surface area (Å²) in [6, 6.07) is 3.45. The first-order valence-electron chi connectivity index (χ1n) is 6.89. The fourth-order valence-corrected chi connectivity index (χ4v) is 3.64. The summed E-state index contributed by atoms with van der Waals surface area (Å²) in [6.07, 6.45) is 0. The van der Waals surface area contributed by atoms with E-state index in [9.17, 15) is 13.6 Å². The molecule has 0 radical (unpaired) electrons. The van der Waals surface area contributed by atoms with E-state index < -0.39 is 16.9 Å². The Hall–Kier alpha value is -1.89. The molecule has 1 atom stereocenters. The zero-order chi connectivity index (χ0) is 16.0. The molecular formula is C15H15F2N3OS. The van der Waals surface area contributed by atoms with Crippen molar-refractivity contribution in [2.75, 3.05) is 0 Å². The van der Waals surface area contributed by atoms with Crippen molar-refractivity contribution in [3.8, 4) is 0 Å². The van der Waals surface area contributed by atoms with Gasteiger partial charge >= 0.3 is 0 Å². The molecule has 1 aromatic heterocycles. The largest absolute Gasteiger partial charge is 0.271 e. The van der Waals surface area contributed by atoms with E-state index in [1.807, 2.05) is 20.8 Å². The van der Waals surface area contributed by atoms with Crippen LogP contribution in [0.5, 0.6) is 0 Å². The molecule has 4 nitrogen and oxygen atoms in total. The predicted molar refractivity (Wildman–Crippen MR) is 84.0 cm³/mol. The van der Waals surface area contributed by atoms with Crippen LogP contribution in [0, 0.1) is 11.6 Å². The molecule has 0 aliphatic carbocycles. The van der Waals surface area contributed by atoms with Crippen LogP contribution in [0.25, 0.3) is 0 Å². The topological polar surface area (TPSA) is 50.1 Å². The highest BCUT2D eigenvalue weighted by molar-refractivity contribution is 8.14. The Morgan fingerprint density at radius 2 is 2.09 bits per heavy atom. The first kappa shape index (κ1) is 15.0. The van der Waals surface area contributed by atoms with Gasteiger partial charge in [-0.05, 0) is 26.8 Å². The number of H-pyrrole nitrogens is 1. The minimum atomic E-state index is -0.658. The smallest absolute Gasteiger partial charge is 0.268 e. The average Bonchev–Trinajstić information content (AvgIpc) is 2.75. The van der Waals surface area contributed by atoms with E-state index in [1.165, 1.54) is 23.9 Å². The molecule has 22 heavy (non-hydrogen) atoms. The summed E-state index contributed by atoms with van der Waals surface area (Å²) in [6.45, 7) is 5.66. The predicted octanol–water partition coefficient (Wildman–Crippen LogP) is 3.92. The molecule has 0 saturated carbocycles. The maximum atomic E-state index is 14.1. The van der Waals surface area contributed by atoms with Crippen molar-refractivity contribution in [3.63, 3.8) is 0 Å². The molecule has 2 heterocycles. The van der Waals surface area contributed by atoms with Gasteiger partial charge in [-0.25, -0.2) is 13.8 Å². The second kappa shape index (κ2) is 5.39. The van der Waals surface area contributed by atoms with E-state index in [0.29, 0.717) is 11.4 Å². The Balaban J connectivity index is 2.22. The van der Waals surface area contributed by atoms with Gasteiger partial charge in [0.25, 0.3) is 5.56 Å². The van der Waals surface area contributed by atoms with Gasteiger partial charge in [0.15, 0.2) is 5.82 Å². The zero-order valence-corrected chi connectivity index (χ0v) is 13.2. The van der Waals surface area contributed by atoms with Gasteiger partial charge in [-0.3, -0.25) is 14.6 Å². The molecule has 2 aromatic rings. The highest BCUT2D eigenvalue weighted by Gasteiger charge is 2.32. The SMILES string of the molecule is CC1=Nc2c(c(=O)[nH]n2C(C)C)[C@@H](c2ccc(F)cc2F)S1. The number of aromatic nitrogens is 2. The summed E-state index contributed by atoms with van der Waals surface area (Å²) in [5.41, 5.74) is 0.407. The molecule has 0 unspecified atom stereocenters. The standard InChI is InChI=1S/C15H15F2N3OS/c1-7(2)20-14-12(15(21)19-20)13(22-8(3)18-14)10-5-4-9(16)6-11(10)17/h4-7,13H,1-3H3,(H,19,21)/t13-/m1/s1. The molecule has 0 spiro atoms. The number of benzene rings is 1.